The highest BCUT2D eigenvalue weighted by Crippen LogP contribution is 2.35. The van der Waals surface area contributed by atoms with Gasteiger partial charge in [0, 0.05) is 17.3 Å². The molecule has 0 atom stereocenters. The largest absolute Gasteiger partial charge is 0.352 e. The van der Waals surface area contributed by atoms with Gasteiger partial charge in [0.1, 0.15) is 0 Å². The van der Waals surface area contributed by atoms with Crippen LogP contribution in [0, 0.1) is 27.7 Å². The van der Waals surface area contributed by atoms with Gasteiger partial charge in [-0.15, -0.1) is 0 Å². The molecule has 0 amide bonds. The highest BCUT2D eigenvalue weighted by molar-refractivity contribution is 5.91. The summed E-state index contributed by atoms with van der Waals surface area (Å²) in [6.07, 6.45) is 2.11. The van der Waals surface area contributed by atoms with Crippen molar-refractivity contribution in [2.24, 2.45) is 0 Å². The summed E-state index contributed by atoms with van der Waals surface area (Å²) in [6.45, 7) is 12.8. The molecule has 0 aliphatic carbocycles. The van der Waals surface area contributed by atoms with Gasteiger partial charge in [-0.1, -0.05) is 36.7 Å². The lowest BCUT2D eigenvalue weighted by Crippen LogP contribution is -2.01. The van der Waals surface area contributed by atoms with Crippen molar-refractivity contribution in [3.63, 3.8) is 0 Å². The summed E-state index contributed by atoms with van der Waals surface area (Å²) in [4.78, 5) is 4.68. The van der Waals surface area contributed by atoms with Crippen LogP contribution in [0.1, 0.15) is 60.7 Å². The van der Waals surface area contributed by atoms with Gasteiger partial charge in [-0.3, -0.25) is 0 Å². The Balaban J connectivity index is 2.12. The second-order valence-electron chi connectivity index (χ2n) is 6.97. The molecule has 0 aliphatic heterocycles. The number of nitrogens with one attached hydrogen (secondary N) is 1. The minimum Gasteiger partial charge on any atom is -0.352 e. The van der Waals surface area contributed by atoms with E-state index in [0.717, 1.165) is 46.7 Å². The molecule has 1 aromatic carbocycles. The second kappa shape index (κ2) is 6.87. The lowest BCUT2D eigenvalue weighted by atomic mass is 9.97. The number of pyridine rings is 1. The monoisotopic (exact) mass is 337 g/mol. The second-order valence-corrected chi connectivity index (χ2v) is 6.97. The number of nitrogens with zero attached hydrogens (tertiary/aromatic N) is 2. The van der Waals surface area contributed by atoms with Crippen molar-refractivity contribution in [1.29, 1.82) is 0 Å². The molecule has 0 saturated heterocycles. The van der Waals surface area contributed by atoms with Crippen LogP contribution in [0.5, 0.6) is 0 Å². The summed E-state index contributed by atoms with van der Waals surface area (Å²) in [7, 11) is 0. The van der Waals surface area contributed by atoms with E-state index in [1.165, 1.54) is 16.7 Å². The molecule has 0 saturated carbocycles. The number of anilines is 2. The van der Waals surface area contributed by atoms with Crippen molar-refractivity contribution in [3.8, 4) is 0 Å². The molecular weight excluding hydrogens is 310 g/mol. The van der Waals surface area contributed by atoms with Crippen LogP contribution in [0.4, 0.5) is 11.5 Å². The molecule has 132 valence electrons. The zero-order valence-corrected chi connectivity index (χ0v) is 16.0. The summed E-state index contributed by atoms with van der Waals surface area (Å²) in [6, 6.07) is 6.44. The van der Waals surface area contributed by atoms with E-state index in [2.05, 4.69) is 68.3 Å². The van der Waals surface area contributed by atoms with E-state index in [0.29, 0.717) is 5.92 Å². The Kier molecular flexibility index (Phi) is 4.80. The van der Waals surface area contributed by atoms with Crippen LogP contribution in [0.25, 0.3) is 11.0 Å². The first-order valence-corrected chi connectivity index (χ1v) is 9.06. The molecule has 2 aromatic heterocycles. The van der Waals surface area contributed by atoms with Gasteiger partial charge >= 0.3 is 0 Å². The average Bonchev–Trinajstić information content (AvgIpc) is 2.96. The van der Waals surface area contributed by atoms with Gasteiger partial charge in [0.15, 0.2) is 5.82 Å². The number of hydrogen-bond donors (Lipinski definition) is 1. The number of rotatable bonds is 5. The molecule has 0 fully saturated rings. The van der Waals surface area contributed by atoms with Crippen LogP contribution in [0.3, 0.4) is 0 Å². The lowest BCUT2D eigenvalue weighted by Gasteiger charge is -2.14. The molecule has 1 N–H and O–H groups in total. The standard InChI is InChI=1S/C21H27N3O/c1-7-16(8-2)19-17-11-15(6)22-21(20(17)25-24-19)23-18-13(4)9-12(3)10-14(18)5/h9-11,16H,7-8H2,1-6H3,(H,22,23). The smallest absolute Gasteiger partial charge is 0.209 e. The fourth-order valence-electron chi connectivity index (χ4n) is 3.64. The first-order valence-electron chi connectivity index (χ1n) is 9.06. The highest BCUT2D eigenvalue weighted by atomic mass is 16.5. The Hall–Kier alpha value is -2.36. The maximum absolute atomic E-state index is 5.72. The van der Waals surface area contributed by atoms with Crippen LogP contribution < -0.4 is 5.32 Å². The summed E-state index contributed by atoms with van der Waals surface area (Å²) in [5.41, 5.74) is 7.51. The fourth-order valence-corrected chi connectivity index (χ4v) is 3.64. The Morgan fingerprint density at radius 1 is 1.00 bits per heavy atom. The van der Waals surface area contributed by atoms with Gasteiger partial charge < -0.3 is 9.84 Å². The van der Waals surface area contributed by atoms with Crippen molar-refractivity contribution in [2.45, 2.75) is 60.3 Å². The van der Waals surface area contributed by atoms with E-state index in [-0.39, 0.29) is 0 Å². The first kappa shape index (κ1) is 17.5. The van der Waals surface area contributed by atoms with E-state index in [1.807, 2.05) is 6.92 Å². The van der Waals surface area contributed by atoms with Crippen molar-refractivity contribution >= 4 is 22.5 Å². The summed E-state index contributed by atoms with van der Waals surface area (Å²) in [5, 5.41) is 8.95. The number of fused-ring (bicyclic) bond motifs is 1. The first-order chi connectivity index (χ1) is 11.9. The average molecular weight is 337 g/mol. The third kappa shape index (κ3) is 3.26. The molecule has 0 spiro atoms. The molecule has 3 aromatic rings. The summed E-state index contributed by atoms with van der Waals surface area (Å²) >= 11 is 0. The van der Waals surface area contributed by atoms with Gasteiger partial charge in [0.05, 0.1) is 11.1 Å². The molecule has 0 radical (unpaired) electrons. The van der Waals surface area contributed by atoms with Gasteiger partial charge in [-0.25, -0.2) is 4.98 Å². The van der Waals surface area contributed by atoms with Crippen LogP contribution >= 0.6 is 0 Å². The molecule has 2 heterocycles. The van der Waals surface area contributed by atoms with E-state index < -0.39 is 0 Å². The fraction of sp³-hybridized carbons (Fsp3) is 0.429. The number of aryl methyl sites for hydroxylation is 4. The number of benzene rings is 1. The maximum Gasteiger partial charge on any atom is 0.209 e. The molecule has 3 rings (SSSR count). The van der Waals surface area contributed by atoms with Crippen LogP contribution in [0.2, 0.25) is 0 Å². The molecule has 4 nitrogen and oxygen atoms in total. The topological polar surface area (TPSA) is 51.0 Å². The van der Waals surface area contributed by atoms with E-state index in [4.69, 9.17) is 4.52 Å². The zero-order chi connectivity index (χ0) is 18.1. The van der Waals surface area contributed by atoms with Crippen LogP contribution in [0.15, 0.2) is 22.7 Å². The Morgan fingerprint density at radius 3 is 2.24 bits per heavy atom. The minimum absolute atomic E-state index is 0.416. The Morgan fingerprint density at radius 2 is 1.64 bits per heavy atom. The highest BCUT2D eigenvalue weighted by Gasteiger charge is 2.20. The normalized spacial score (nSPS) is 11.5. The van der Waals surface area contributed by atoms with E-state index in [9.17, 15) is 0 Å². The van der Waals surface area contributed by atoms with Crippen molar-refractivity contribution in [2.75, 3.05) is 5.32 Å². The van der Waals surface area contributed by atoms with Crippen LogP contribution in [-0.4, -0.2) is 10.1 Å². The number of aromatic nitrogens is 2. The van der Waals surface area contributed by atoms with Crippen molar-refractivity contribution < 1.29 is 4.52 Å². The zero-order valence-electron chi connectivity index (χ0n) is 16.0. The molecular formula is C21H27N3O. The molecule has 25 heavy (non-hydrogen) atoms. The van der Waals surface area contributed by atoms with Crippen molar-refractivity contribution in [1.82, 2.24) is 10.1 Å². The van der Waals surface area contributed by atoms with E-state index >= 15 is 0 Å². The quantitative estimate of drug-likeness (QED) is 0.611. The molecule has 0 bridgehead atoms. The predicted octanol–water partition coefficient (Wildman–Crippen LogP) is 6.10. The van der Waals surface area contributed by atoms with Crippen molar-refractivity contribution in [3.05, 3.63) is 46.3 Å². The van der Waals surface area contributed by atoms with Crippen LogP contribution in [-0.2, 0) is 0 Å². The molecule has 4 heteroatoms. The third-order valence-corrected chi connectivity index (χ3v) is 4.91. The van der Waals surface area contributed by atoms with Gasteiger partial charge in [0.25, 0.3) is 0 Å². The maximum atomic E-state index is 5.72. The van der Waals surface area contributed by atoms with Gasteiger partial charge in [-0.2, -0.15) is 0 Å². The Labute approximate surface area is 149 Å². The summed E-state index contributed by atoms with van der Waals surface area (Å²) in [5.74, 6) is 1.16. The predicted molar refractivity (Wildman–Crippen MR) is 104 cm³/mol. The lowest BCUT2D eigenvalue weighted by molar-refractivity contribution is 0.432. The SMILES string of the molecule is CCC(CC)c1noc2c(Nc3c(C)cc(C)cc3C)nc(C)cc12. The minimum atomic E-state index is 0.416. The van der Waals surface area contributed by atoms with Gasteiger partial charge in [0.2, 0.25) is 5.58 Å². The third-order valence-electron chi connectivity index (χ3n) is 4.91. The number of hydrogen-bond acceptors (Lipinski definition) is 4. The van der Waals surface area contributed by atoms with E-state index in [1.54, 1.807) is 0 Å². The summed E-state index contributed by atoms with van der Waals surface area (Å²) < 4.78 is 5.72. The molecule has 0 aliphatic rings. The Bertz CT molecular complexity index is 884. The molecule has 0 unspecified atom stereocenters. The van der Waals surface area contributed by atoms with Gasteiger partial charge in [-0.05, 0) is 57.7 Å².